The van der Waals surface area contributed by atoms with Crippen molar-refractivity contribution in [3.63, 3.8) is 0 Å². The molecule has 0 saturated heterocycles. The lowest BCUT2D eigenvalue weighted by Crippen LogP contribution is -2.04. The van der Waals surface area contributed by atoms with Gasteiger partial charge in [0.2, 0.25) is 0 Å². The van der Waals surface area contributed by atoms with Gasteiger partial charge >= 0.3 is 0 Å². The van der Waals surface area contributed by atoms with E-state index in [1.165, 1.54) is 10.8 Å². The van der Waals surface area contributed by atoms with Crippen molar-refractivity contribution in [2.75, 3.05) is 0 Å². The first-order valence-electron chi connectivity index (χ1n) is 16.0. The SMILES string of the molecule is c1ccc(-c2nc(-c3ccc4ccccc4c3-n3c4ccccc4c4ccccc43)nc(-c3cccc4oc5ccccc5c34)n2)cc1. The number of fused-ring (bicyclic) bond motifs is 7. The number of furan rings is 1. The van der Waals surface area contributed by atoms with Gasteiger partial charge in [0.1, 0.15) is 11.2 Å². The van der Waals surface area contributed by atoms with Gasteiger partial charge in [0.15, 0.2) is 17.5 Å². The number of para-hydroxylation sites is 3. The van der Waals surface area contributed by atoms with E-state index in [9.17, 15) is 0 Å². The average molecular weight is 615 g/mol. The molecule has 5 heteroatoms. The van der Waals surface area contributed by atoms with Crippen LogP contribution in [0.5, 0.6) is 0 Å². The Kier molecular flexibility index (Phi) is 5.81. The van der Waals surface area contributed by atoms with Crippen LogP contribution in [0.1, 0.15) is 0 Å². The van der Waals surface area contributed by atoms with Crippen LogP contribution in [-0.2, 0) is 0 Å². The summed E-state index contributed by atoms with van der Waals surface area (Å²) in [6.45, 7) is 0. The van der Waals surface area contributed by atoms with E-state index in [1.807, 2.05) is 60.7 Å². The third-order valence-corrected chi connectivity index (χ3v) is 9.26. The number of hydrogen-bond acceptors (Lipinski definition) is 4. The molecule has 0 spiro atoms. The Hall–Kier alpha value is -6.59. The maximum atomic E-state index is 6.27. The van der Waals surface area contributed by atoms with Crippen LogP contribution in [0.25, 0.3) is 94.4 Å². The molecule has 10 aromatic rings. The number of rotatable bonds is 4. The lowest BCUT2D eigenvalue weighted by Gasteiger charge is -2.17. The molecule has 224 valence electrons. The molecular formula is C43H26N4O. The van der Waals surface area contributed by atoms with Crippen molar-refractivity contribution < 1.29 is 4.42 Å². The van der Waals surface area contributed by atoms with Crippen molar-refractivity contribution in [1.82, 2.24) is 19.5 Å². The largest absolute Gasteiger partial charge is 0.456 e. The van der Waals surface area contributed by atoms with Gasteiger partial charge in [-0.25, -0.2) is 15.0 Å². The molecule has 0 aliphatic carbocycles. The summed E-state index contributed by atoms with van der Waals surface area (Å²) >= 11 is 0. The zero-order chi connectivity index (χ0) is 31.6. The highest BCUT2D eigenvalue weighted by Gasteiger charge is 2.22. The zero-order valence-corrected chi connectivity index (χ0v) is 25.7. The Morgan fingerprint density at radius 1 is 0.396 bits per heavy atom. The third-order valence-electron chi connectivity index (χ3n) is 9.26. The van der Waals surface area contributed by atoms with Crippen LogP contribution in [0.2, 0.25) is 0 Å². The summed E-state index contributed by atoms with van der Waals surface area (Å²) in [6.07, 6.45) is 0. The topological polar surface area (TPSA) is 56.7 Å². The normalized spacial score (nSPS) is 11.8. The molecule has 0 saturated carbocycles. The quantitative estimate of drug-likeness (QED) is 0.198. The molecule has 7 aromatic carbocycles. The Morgan fingerprint density at radius 3 is 1.75 bits per heavy atom. The second-order valence-electron chi connectivity index (χ2n) is 12.0. The Morgan fingerprint density at radius 2 is 0.979 bits per heavy atom. The molecule has 0 amide bonds. The maximum Gasteiger partial charge on any atom is 0.166 e. The first-order chi connectivity index (χ1) is 23.8. The minimum Gasteiger partial charge on any atom is -0.456 e. The molecule has 3 aromatic heterocycles. The molecule has 5 nitrogen and oxygen atoms in total. The minimum atomic E-state index is 0.595. The monoisotopic (exact) mass is 614 g/mol. The fourth-order valence-corrected chi connectivity index (χ4v) is 7.13. The molecule has 0 unspecified atom stereocenters. The first kappa shape index (κ1) is 26.6. The second-order valence-corrected chi connectivity index (χ2v) is 12.0. The van der Waals surface area contributed by atoms with E-state index in [4.69, 9.17) is 19.4 Å². The van der Waals surface area contributed by atoms with Gasteiger partial charge in [-0.1, -0.05) is 127 Å². The summed E-state index contributed by atoms with van der Waals surface area (Å²) in [4.78, 5) is 15.6. The zero-order valence-electron chi connectivity index (χ0n) is 25.7. The van der Waals surface area contributed by atoms with Crippen LogP contribution in [0.4, 0.5) is 0 Å². The summed E-state index contributed by atoms with van der Waals surface area (Å²) in [5.74, 6) is 1.81. The standard InChI is InChI=1S/C43H26N4O/c1-2-14-28(15-3-1)41-44-42(33-20-12-24-38-39(33)32-19-8-11-23-37(32)48-38)46-43(45-41)34-26-25-27-13-4-5-16-29(27)40(34)47-35-21-9-6-17-30(35)31-18-7-10-22-36(31)47/h1-26H. The Balaban J connectivity index is 1.33. The fraction of sp³-hybridized carbons (Fsp3) is 0. The minimum absolute atomic E-state index is 0.595. The summed E-state index contributed by atoms with van der Waals surface area (Å²) in [5, 5.41) is 6.69. The second kappa shape index (κ2) is 10.5. The number of aromatic nitrogens is 4. The molecule has 3 heterocycles. The Bertz CT molecular complexity index is 2800. The van der Waals surface area contributed by atoms with Crippen molar-refractivity contribution in [1.29, 1.82) is 0 Å². The van der Waals surface area contributed by atoms with Crippen molar-refractivity contribution in [2.24, 2.45) is 0 Å². The van der Waals surface area contributed by atoms with E-state index in [-0.39, 0.29) is 0 Å². The number of nitrogens with zero attached hydrogens (tertiary/aromatic N) is 4. The molecule has 0 N–H and O–H groups in total. The van der Waals surface area contributed by atoms with Gasteiger partial charge < -0.3 is 8.98 Å². The predicted molar refractivity (Wildman–Crippen MR) is 195 cm³/mol. The van der Waals surface area contributed by atoms with Gasteiger partial charge in [0.25, 0.3) is 0 Å². The van der Waals surface area contributed by atoms with E-state index in [2.05, 4.69) is 102 Å². The number of benzene rings is 7. The van der Waals surface area contributed by atoms with E-state index >= 15 is 0 Å². The molecule has 0 aliphatic rings. The lowest BCUT2D eigenvalue weighted by atomic mass is 10.0. The summed E-state index contributed by atoms with van der Waals surface area (Å²) in [7, 11) is 0. The van der Waals surface area contributed by atoms with Gasteiger partial charge in [-0.15, -0.1) is 0 Å². The Labute approximate surface area is 275 Å². The molecule has 0 bridgehead atoms. The summed E-state index contributed by atoms with van der Waals surface area (Å²) in [5.41, 5.74) is 7.67. The van der Waals surface area contributed by atoms with Crippen molar-refractivity contribution in [3.8, 4) is 39.9 Å². The smallest absolute Gasteiger partial charge is 0.166 e. The predicted octanol–water partition coefficient (Wildman–Crippen LogP) is 11.0. The maximum absolute atomic E-state index is 6.27. The summed E-state index contributed by atoms with van der Waals surface area (Å²) < 4.78 is 8.64. The lowest BCUT2D eigenvalue weighted by molar-refractivity contribution is 0.669. The average Bonchev–Trinajstić information content (AvgIpc) is 3.70. The van der Waals surface area contributed by atoms with E-state index in [0.717, 1.165) is 66.1 Å². The van der Waals surface area contributed by atoms with Gasteiger partial charge in [0.05, 0.1) is 16.7 Å². The van der Waals surface area contributed by atoms with Crippen molar-refractivity contribution in [3.05, 3.63) is 158 Å². The highest BCUT2D eigenvalue weighted by molar-refractivity contribution is 6.13. The molecule has 48 heavy (non-hydrogen) atoms. The molecule has 0 fully saturated rings. The van der Waals surface area contributed by atoms with Gasteiger partial charge in [-0.2, -0.15) is 0 Å². The summed E-state index contributed by atoms with van der Waals surface area (Å²) in [6, 6.07) is 54.4. The molecule has 0 atom stereocenters. The van der Waals surface area contributed by atoms with E-state index in [1.54, 1.807) is 0 Å². The first-order valence-corrected chi connectivity index (χ1v) is 16.0. The van der Waals surface area contributed by atoms with Crippen molar-refractivity contribution in [2.45, 2.75) is 0 Å². The van der Waals surface area contributed by atoms with E-state index < -0.39 is 0 Å². The van der Waals surface area contributed by atoms with Crippen molar-refractivity contribution >= 4 is 54.5 Å². The highest BCUT2D eigenvalue weighted by atomic mass is 16.3. The van der Waals surface area contributed by atoms with Gasteiger partial charge in [-0.05, 0) is 35.7 Å². The van der Waals surface area contributed by atoms with Crippen LogP contribution < -0.4 is 0 Å². The highest BCUT2D eigenvalue weighted by Crippen LogP contribution is 2.41. The third kappa shape index (κ3) is 4.01. The van der Waals surface area contributed by atoms with Crippen LogP contribution in [0.15, 0.2) is 162 Å². The molecule has 10 rings (SSSR count). The molecule has 0 aliphatic heterocycles. The van der Waals surface area contributed by atoms with E-state index in [0.29, 0.717) is 17.5 Å². The molecular weight excluding hydrogens is 589 g/mol. The van der Waals surface area contributed by atoms with Crippen LogP contribution >= 0.6 is 0 Å². The van der Waals surface area contributed by atoms with Crippen LogP contribution in [-0.4, -0.2) is 19.5 Å². The van der Waals surface area contributed by atoms with Crippen LogP contribution in [0.3, 0.4) is 0 Å². The van der Waals surface area contributed by atoms with Gasteiger partial charge in [-0.3, -0.25) is 0 Å². The molecule has 0 radical (unpaired) electrons. The van der Waals surface area contributed by atoms with Crippen LogP contribution in [0, 0.1) is 0 Å². The van der Waals surface area contributed by atoms with Gasteiger partial charge in [0, 0.05) is 43.6 Å². The number of hydrogen-bond donors (Lipinski definition) is 0. The fourth-order valence-electron chi connectivity index (χ4n) is 7.13.